The molecule has 1 heterocycles. The quantitative estimate of drug-likeness (QED) is 0.474. The van der Waals surface area contributed by atoms with E-state index in [2.05, 4.69) is 29.6 Å². The van der Waals surface area contributed by atoms with Crippen molar-refractivity contribution in [3.63, 3.8) is 0 Å². The van der Waals surface area contributed by atoms with Gasteiger partial charge < -0.3 is 11.1 Å². The lowest BCUT2D eigenvalue weighted by molar-refractivity contribution is -0.116. The van der Waals surface area contributed by atoms with Gasteiger partial charge in [-0.2, -0.15) is 0 Å². The first-order chi connectivity index (χ1) is 16.2. The van der Waals surface area contributed by atoms with Crippen LogP contribution in [0.25, 0.3) is 11.3 Å². The fourth-order valence-electron chi connectivity index (χ4n) is 5.22. The first kappa shape index (κ1) is 21.6. The summed E-state index contributed by atoms with van der Waals surface area (Å²) >= 11 is 0. The molecule has 0 unspecified atom stereocenters. The van der Waals surface area contributed by atoms with E-state index in [1.165, 1.54) is 36.8 Å². The number of nitrogens with one attached hydrogen (secondary N) is 1. The van der Waals surface area contributed by atoms with Crippen molar-refractivity contribution >= 4 is 17.4 Å². The molecule has 1 aromatic heterocycles. The summed E-state index contributed by atoms with van der Waals surface area (Å²) in [5.41, 5.74) is 13.3. The highest BCUT2D eigenvalue weighted by atomic mass is 16.1. The van der Waals surface area contributed by atoms with Gasteiger partial charge in [0.05, 0.1) is 17.1 Å². The van der Waals surface area contributed by atoms with Gasteiger partial charge in [0, 0.05) is 17.7 Å². The zero-order valence-corrected chi connectivity index (χ0v) is 19.1. The standard InChI is InChI=1S/C28H32N4O/c29-22-14-15-23-21(18-22)13-16-24-27(23)30-25(17-20-9-4-5-10-20)28(31-24)32-26(33)12-6-11-19-7-2-1-3-8-19/h1-3,7-8,14-15,18,20H,4-6,9-13,16-17,29H2,(H,31,32,33). The number of aromatic nitrogens is 2. The molecule has 3 aromatic rings. The second-order valence-corrected chi connectivity index (χ2v) is 9.47. The van der Waals surface area contributed by atoms with Crippen LogP contribution in [0.15, 0.2) is 48.5 Å². The number of fused-ring (bicyclic) bond motifs is 3. The molecule has 2 aliphatic rings. The molecule has 2 aromatic carbocycles. The predicted octanol–water partition coefficient (Wildman–Crippen LogP) is 5.52. The average Bonchev–Trinajstić information content (AvgIpc) is 3.33. The summed E-state index contributed by atoms with van der Waals surface area (Å²) in [4.78, 5) is 22.9. The Labute approximate surface area is 195 Å². The zero-order chi connectivity index (χ0) is 22.6. The molecule has 0 bridgehead atoms. The van der Waals surface area contributed by atoms with Gasteiger partial charge in [-0.15, -0.1) is 0 Å². The summed E-state index contributed by atoms with van der Waals surface area (Å²) in [5.74, 6) is 1.32. The van der Waals surface area contributed by atoms with Crippen LogP contribution in [0.5, 0.6) is 0 Å². The monoisotopic (exact) mass is 440 g/mol. The van der Waals surface area contributed by atoms with Crippen LogP contribution in [0.3, 0.4) is 0 Å². The number of carbonyl (C=O) groups excluding carboxylic acids is 1. The molecule has 0 saturated heterocycles. The van der Waals surface area contributed by atoms with E-state index in [0.717, 1.165) is 60.4 Å². The van der Waals surface area contributed by atoms with Crippen molar-refractivity contribution in [1.82, 2.24) is 9.97 Å². The Balaban J connectivity index is 1.36. The van der Waals surface area contributed by atoms with Crippen LogP contribution < -0.4 is 11.1 Å². The van der Waals surface area contributed by atoms with Crippen molar-refractivity contribution in [1.29, 1.82) is 0 Å². The minimum Gasteiger partial charge on any atom is -0.399 e. The minimum absolute atomic E-state index is 0.0248. The fraction of sp³-hybridized carbons (Fsp3) is 0.393. The van der Waals surface area contributed by atoms with Crippen LogP contribution >= 0.6 is 0 Å². The van der Waals surface area contributed by atoms with Crippen LogP contribution in [0.2, 0.25) is 0 Å². The molecule has 170 valence electrons. The molecule has 5 rings (SSSR count). The molecule has 1 amide bonds. The highest BCUT2D eigenvalue weighted by Crippen LogP contribution is 2.35. The first-order valence-electron chi connectivity index (χ1n) is 12.3. The number of hydrogen-bond acceptors (Lipinski definition) is 4. The van der Waals surface area contributed by atoms with Gasteiger partial charge in [0.25, 0.3) is 0 Å². The van der Waals surface area contributed by atoms with Crippen molar-refractivity contribution in [3.8, 4) is 11.3 Å². The number of amides is 1. The van der Waals surface area contributed by atoms with E-state index in [9.17, 15) is 4.79 Å². The largest absolute Gasteiger partial charge is 0.399 e. The number of anilines is 2. The van der Waals surface area contributed by atoms with Gasteiger partial charge >= 0.3 is 0 Å². The van der Waals surface area contributed by atoms with Gasteiger partial charge in [0.15, 0.2) is 5.82 Å². The van der Waals surface area contributed by atoms with E-state index in [1.54, 1.807) is 0 Å². The lowest BCUT2D eigenvalue weighted by Gasteiger charge is -2.22. The van der Waals surface area contributed by atoms with E-state index in [0.29, 0.717) is 18.2 Å². The smallest absolute Gasteiger partial charge is 0.225 e. The normalized spacial score (nSPS) is 15.2. The predicted molar refractivity (Wildman–Crippen MR) is 133 cm³/mol. The maximum absolute atomic E-state index is 12.8. The lowest BCUT2D eigenvalue weighted by atomic mass is 9.91. The number of nitrogens with zero attached hydrogens (tertiary/aromatic N) is 2. The van der Waals surface area contributed by atoms with Gasteiger partial charge in [0.1, 0.15) is 0 Å². The lowest BCUT2D eigenvalue weighted by Crippen LogP contribution is -2.19. The molecule has 1 saturated carbocycles. The molecule has 0 aliphatic heterocycles. The molecule has 0 atom stereocenters. The number of aryl methyl sites for hydroxylation is 3. The summed E-state index contributed by atoms with van der Waals surface area (Å²) in [6, 6.07) is 16.4. The van der Waals surface area contributed by atoms with Gasteiger partial charge in [-0.25, -0.2) is 9.97 Å². The molecule has 5 heteroatoms. The Morgan fingerprint density at radius 1 is 1.03 bits per heavy atom. The molecule has 1 fully saturated rings. The average molecular weight is 441 g/mol. The van der Waals surface area contributed by atoms with Gasteiger partial charge in [-0.05, 0) is 61.3 Å². The Kier molecular flexibility index (Phi) is 6.38. The van der Waals surface area contributed by atoms with Crippen LogP contribution in [-0.4, -0.2) is 15.9 Å². The first-order valence-corrected chi connectivity index (χ1v) is 12.3. The number of carbonyl (C=O) groups is 1. The Hall–Kier alpha value is -3.21. The van der Waals surface area contributed by atoms with Crippen molar-refractivity contribution in [2.75, 3.05) is 11.1 Å². The number of benzene rings is 2. The number of hydrogen-bond donors (Lipinski definition) is 2. The number of rotatable bonds is 7. The third-order valence-electron chi connectivity index (χ3n) is 6.98. The van der Waals surface area contributed by atoms with Gasteiger partial charge in [-0.1, -0.05) is 62.1 Å². The summed E-state index contributed by atoms with van der Waals surface area (Å²) in [7, 11) is 0. The van der Waals surface area contributed by atoms with Crippen molar-refractivity contribution < 1.29 is 4.79 Å². The van der Waals surface area contributed by atoms with E-state index >= 15 is 0 Å². The summed E-state index contributed by atoms with van der Waals surface area (Å²) < 4.78 is 0. The molecular formula is C28H32N4O. The van der Waals surface area contributed by atoms with Crippen LogP contribution in [-0.2, 0) is 30.5 Å². The maximum atomic E-state index is 12.8. The van der Waals surface area contributed by atoms with Crippen molar-refractivity contribution in [2.45, 2.75) is 64.2 Å². The van der Waals surface area contributed by atoms with Crippen molar-refractivity contribution in [2.24, 2.45) is 5.92 Å². The third kappa shape index (κ3) is 5.08. The summed E-state index contributed by atoms with van der Waals surface area (Å²) in [6.07, 6.45) is 9.84. The van der Waals surface area contributed by atoms with Gasteiger partial charge in [0.2, 0.25) is 5.91 Å². The van der Waals surface area contributed by atoms with Crippen LogP contribution in [0.1, 0.15) is 61.0 Å². The van der Waals surface area contributed by atoms with E-state index in [-0.39, 0.29) is 5.91 Å². The molecule has 0 spiro atoms. The second kappa shape index (κ2) is 9.74. The topological polar surface area (TPSA) is 80.9 Å². The maximum Gasteiger partial charge on any atom is 0.225 e. The van der Waals surface area contributed by atoms with E-state index in [4.69, 9.17) is 15.7 Å². The molecule has 33 heavy (non-hydrogen) atoms. The van der Waals surface area contributed by atoms with Crippen LogP contribution in [0, 0.1) is 5.92 Å². The highest BCUT2D eigenvalue weighted by molar-refractivity contribution is 5.90. The molecule has 5 nitrogen and oxygen atoms in total. The number of nitrogens with two attached hydrogens (primary N) is 1. The zero-order valence-electron chi connectivity index (χ0n) is 19.1. The minimum atomic E-state index is 0.0248. The molecule has 0 radical (unpaired) electrons. The Morgan fingerprint density at radius 3 is 2.67 bits per heavy atom. The number of nitrogen functional groups attached to an aromatic ring is 1. The summed E-state index contributed by atoms with van der Waals surface area (Å²) in [5, 5.41) is 3.12. The highest BCUT2D eigenvalue weighted by Gasteiger charge is 2.25. The van der Waals surface area contributed by atoms with E-state index < -0.39 is 0 Å². The Morgan fingerprint density at radius 2 is 1.85 bits per heavy atom. The SMILES string of the molecule is Nc1ccc2c(c1)CCc1nc(NC(=O)CCCc3ccccc3)c(CC3CCCC3)nc1-2. The molecule has 2 aliphatic carbocycles. The molecule has 3 N–H and O–H groups in total. The fourth-order valence-corrected chi connectivity index (χ4v) is 5.22. The molecular weight excluding hydrogens is 408 g/mol. The second-order valence-electron chi connectivity index (χ2n) is 9.47. The third-order valence-corrected chi connectivity index (χ3v) is 6.98. The van der Waals surface area contributed by atoms with Crippen molar-refractivity contribution in [3.05, 3.63) is 71.0 Å². The summed E-state index contributed by atoms with van der Waals surface area (Å²) in [6.45, 7) is 0. The van der Waals surface area contributed by atoms with Crippen LogP contribution in [0.4, 0.5) is 11.5 Å². The Bertz CT molecular complexity index is 1140. The van der Waals surface area contributed by atoms with E-state index in [1.807, 2.05) is 24.3 Å². The van der Waals surface area contributed by atoms with Gasteiger partial charge in [-0.3, -0.25) is 4.79 Å².